The van der Waals surface area contributed by atoms with Crippen LogP contribution in [-0.2, 0) is 12.8 Å². The van der Waals surface area contributed by atoms with Gasteiger partial charge in [-0.2, -0.15) is 5.26 Å². The topological polar surface area (TPSA) is 111 Å². The average Bonchev–Trinajstić information content (AvgIpc) is 3.34. The van der Waals surface area contributed by atoms with Gasteiger partial charge in [0.05, 0.1) is 10.5 Å². The first-order valence-corrected chi connectivity index (χ1v) is 11.4. The zero-order valence-electron chi connectivity index (χ0n) is 16.8. The Morgan fingerprint density at radius 1 is 1.23 bits per heavy atom. The number of nitro groups is 1. The number of hydrogen-bond acceptors (Lipinski definition) is 7. The predicted octanol–water partition coefficient (Wildman–Crippen LogP) is 4.13. The van der Waals surface area contributed by atoms with Crippen LogP contribution < -0.4 is 15.5 Å². The summed E-state index contributed by atoms with van der Waals surface area (Å²) in [7, 11) is 0. The molecule has 0 saturated carbocycles. The standard InChI is InChI=1S/C21H21N5O3S2/c22-12-15-14-5-4-6-18(14)31-20(15)24-21(30)23-19(27)13-7-8-16(17(11-13)26(28)29)25-9-2-1-3-10-25/h7-8,11H,1-6,9-10H2,(H2,23,24,27,30). The van der Waals surface area contributed by atoms with Crippen LogP contribution in [-0.4, -0.2) is 29.0 Å². The van der Waals surface area contributed by atoms with Crippen LogP contribution in [0.1, 0.15) is 52.0 Å². The zero-order chi connectivity index (χ0) is 22.0. The van der Waals surface area contributed by atoms with Gasteiger partial charge in [-0.1, -0.05) is 0 Å². The molecule has 1 aromatic carbocycles. The van der Waals surface area contributed by atoms with E-state index in [0.29, 0.717) is 16.3 Å². The largest absolute Gasteiger partial charge is 0.366 e. The lowest BCUT2D eigenvalue weighted by Gasteiger charge is -2.28. The molecule has 1 fully saturated rings. The molecule has 160 valence electrons. The molecule has 0 bridgehead atoms. The van der Waals surface area contributed by atoms with E-state index < -0.39 is 10.8 Å². The monoisotopic (exact) mass is 455 g/mol. The Balaban J connectivity index is 1.48. The Morgan fingerprint density at radius 2 is 2.00 bits per heavy atom. The fraction of sp³-hybridized carbons (Fsp3) is 0.381. The summed E-state index contributed by atoms with van der Waals surface area (Å²) >= 11 is 6.73. The fourth-order valence-electron chi connectivity index (χ4n) is 4.13. The van der Waals surface area contributed by atoms with E-state index in [2.05, 4.69) is 16.7 Å². The first-order valence-electron chi connectivity index (χ1n) is 10.2. The second-order valence-corrected chi connectivity index (χ2v) is 9.10. The lowest BCUT2D eigenvalue weighted by molar-refractivity contribution is -0.384. The summed E-state index contributed by atoms with van der Waals surface area (Å²) < 4.78 is 0. The molecule has 0 spiro atoms. The third kappa shape index (κ3) is 4.38. The molecule has 2 heterocycles. The van der Waals surface area contributed by atoms with Crippen LogP contribution in [0.3, 0.4) is 0 Å². The molecule has 1 amide bonds. The number of benzene rings is 1. The number of aryl methyl sites for hydroxylation is 1. The van der Waals surface area contributed by atoms with E-state index >= 15 is 0 Å². The molecule has 8 nitrogen and oxygen atoms in total. The number of nitrogens with zero attached hydrogens (tertiary/aromatic N) is 3. The number of nitrogens with one attached hydrogen (secondary N) is 2. The number of anilines is 2. The molecule has 2 aliphatic rings. The lowest BCUT2D eigenvalue weighted by atomic mass is 10.1. The van der Waals surface area contributed by atoms with Crippen molar-refractivity contribution in [3.63, 3.8) is 0 Å². The molecule has 31 heavy (non-hydrogen) atoms. The van der Waals surface area contributed by atoms with Crippen LogP contribution in [0.5, 0.6) is 0 Å². The van der Waals surface area contributed by atoms with Crippen molar-refractivity contribution in [2.75, 3.05) is 23.3 Å². The number of nitro benzene ring substituents is 1. The molecule has 1 saturated heterocycles. The number of rotatable bonds is 4. The summed E-state index contributed by atoms with van der Waals surface area (Å²) in [6, 6.07) is 6.72. The molecule has 1 aromatic heterocycles. The highest BCUT2D eigenvalue weighted by Crippen LogP contribution is 2.38. The zero-order valence-corrected chi connectivity index (χ0v) is 18.4. The van der Waals surface area contributed by atoms with Gasteiger partial charge in [0, 0.05) is 29.6 Å². The minimum atomic E-state index is -0.534. The molecule has 2 aromatic rings. The number of fused-ring (bicyclic) bond motifs is 1. The molecule has 4 rings (SSSR count). The number of carbonyl (C=O) groups excluding carboxylic acids is 1. The maximum atomic E-state index is 12.7. The molecule has 1 aliphatic carbocycles. The van der Waals surface area contributed by atoms with Crippen molar-refractivity contribution in [2.45, 2.75) is 38.5 Å². The van der Waals surface area contributed by atoms with Crippen molar-refractivity contribution < 1.29 is 9.72 Å². The summed E-state index contributed by atoms with van der Waals surface area (Å²) in [5.74, 6) is -0.534. The van der Waals surface area contributed by atoms with E-state index in [4.69, 9.17) is 12.2 Å². The van der Waals surface area contributed by atoms with Gasteiger partial charge in [0.2, 0.25) is 0 Å². The second-order valence-electron chi connectivity index (χ2n) is 7.59. The van der Waals surface area contributed by atoms with Crippen LogP contribution in [0.15, 0.2) is 18.2 Å². The Kier molecular flexibility index (Phi) is 6.15. The minimum Gasteiger partial charge on any atom is -0.366 e. The Hall–Kier alpha value is -3.03. The number of amides is 1. The quantitative estimate of drug-likeness (QED) is 0.405. The summed E-state index contributed by atoms with van der Waals surface area (Å²) in [5, 5.41) is 27.3. The predicted molar refractivity (Wildman–Crippen MR) is 124 cm³/mol. The highest BCUT2D eigenvalue weighted by Gasteiger charge is 2.25. The van der Waals surface area contributed by atoms with Gasteiger partial charge in [-0.25, -0.2) is 0 Å². The van der Waals surface area contributed by atoms with Gasteiger partial charge >= 0.3 is 0 Å². The van der Waals surface area contributed by atoms with Crippen molar-refractivity contribution >= 4 is 51.0 Å². The van der Waals surface area contributed by atoms with Gasteiger partial charge in [0.15, 0.2) is 5.11 Å². The van der Waals surface area contributed by atoms with Crippen molar-refractivity contribution in [2.24, 2.45) is 0 Å². The van der Waals surface area contributed by atoms with E-state index in [1.165, 1.54) is 22.3 Å². The Bertz CT molecular complexity index is 1100. The van der Waals surface area contributed by atoms with E-state index in [-0.39, 0.29) is 16.4 Å². The average molecular weight is 456 g/mol. The molecule has 10 heteroatoms. The van der Waals surface area contributed by atoms with E-state index in [9.17, 15) is 20.2 Å². The number of thiocarbonyl (C=S) groups is 1. The van der Waals surface area contributed by atoms with Crippen LogP contribution in [0.4, 0.5) is 16.4 Å². The molecule has 1 aliphatic heterocycles. The van der Waals surface area contributed by atoms with Crippen molar-refractivity contribution in [3.8, 4) is 6.07 Å². The Labute approximate surface area is 189 Å². The summed E-state index contributed by atoms with van der Waals surface area (Å²) in [4.78, 5) is 27.0. The number of piperidine rings is 1. The number of thiophene rings is 1. The maximum Gasteiger partial charge on any atom is 0.293 e. The van der Waals surface area contributed by atoms with Gasteiger partial charge in [0.25, 0.3) is 11.6 Å². The van der Waals surface area contributed by atoms with Crippen LogP contribution in [0.2, 0.25) is 0 Å². The Morgan fingerprint density at radius 3 is 2.71 bits per heavy atom. The SMILES string of the molecule is N#Cc1c(NC(=S)NC(=O)c2ccc(N3CCCCC3)c([N+](=O)[O-])c2)sc2c1CCC2. The van der Waals surface area contributed by atoms with E-state index in [1.54, 1.807) is 12.1 Å². The van der Waals surface area contributed by atoms with Gasteiger partial charge in [-0.3, -0.25) is 20.2 Å². The van der Waals surface area contributed by atoms with Crippen LogP contribution in [0, 0.1) is 21.4 Å². The number of hydrogen-bond donors (Lipinski definition) is 2. The minimum absolute atomic E-state index is 0.0594. The number of nitriles is 1. The summed E-state index contributed by atoms with van der Waals surface area (Å²) in [6.07, 6.45) is 5.98. The molecule has 2 N–H and O–H groups in total. The molecular formula is C21H21N5O3S2. The second kappa shape index (κ2) is 8.99. The molecule has 0 radical (unpaired) electrons. The van der Waals surface area contributed by atoms with Crippen molar-refractivity contribution in [1.29, 1.82) is 5.26 Å². The molecular weight excluding hydrogens is 434 g/mol. The van der Waals surface area contributed by atoms with Crippen molar-refractivity contribution in [3.05, 3.63) is 49.9 Å². The van der Waals surface area contributed by atoms with Gasteiger partial charge < -0.3 is 10.2 Å². The van der Waals surface area contributed by atoms with Crippen molar-refractivity contribution in [1.82, 2.24) is 5.32 Å². The smallest absolute Gasteiger partial charge is 0.293 e. The fourth-order valence-corrected chi connectivity index (χ4v) is 5.64. The third-order valence-corrected chi connectivity index (χ3v) is 7.03. The summed E-state index contributed by atoms with van der Waals surface area (Å²) in [6.45, 7) is 1.54. The first-order chi connectivity index (χ1) is 15.0. The maximum absolute atomic E-state index is 12.7. The lowest BCUT2D eigenvalue weighted by Crippen LogP contribution is -2.34. The highest BCUT2D eigenvalue weighted by atomic mass is 32.1. The van der Waals surface area contributed by atoms with Gasteiger partial charge in [-0.05, 0) is 68.4 Å². The van der Waals surface area contributed by atoms with Crippen LogP contribution >= 0.6 is 23.6 Å². The van der Waals surface area contributed by atoms with Crippen LogP contribution in [0.25, 0.3) is 0 Å². The third-order valence-electron chi connectivity index (χ3n) is 5.62. The summed E-state index contributed by atoms with van der Waals surface area (Å²) in [5.41, 5.74) is 2.25. The molecule has 0 unspecified atom stereocenters. The number of carbonyl (C=O) groups is 1. The highest BCUT2D eigenvalue weighted by molar-refractivity contribution is 7.80. The van der Waals surface area contributed by atoms with E-state index in [0.717, 1.165) is 57.2 Å². The van der Waals surface area contributed by atoms with Gasteiger partial charge in [-0.15, -0.1) is 11.3 Å². The molecule has 0 atom stereocenters. The normalized spacial score (nSPS) is 15.1. The van der Waals surface area contributed by atoms with Gasteiger partial charge in [0.1, 0.15) is 16.8 Å². The first kappa shape index (κ1) is 21.2. The van der Waals surface area contributed by atoms with E-state index in [1.807, 2.05) is 4.90 Å².